The van der Waals surface area contributed by atoms with Gasteiger partial charge in [0, 0.05) is 30.6 Å². The molecule has 2 aromatic heterocycles. The molecule has 2 heterocycles. The van der Waals surface area contributed by atoms with Gasteiger partial charge in [-0.15, -0.1) is 22.7 Å². The average Bonchev–Trinajstić information content (AvgIpc) is 3.51. The van der Waals surface area contributed by atoms with Gasteiger partial charge in [0.05, 0.1) is 13.2 Å². The maximum atomic E-state index is 6.40. The molecule has 3 aromatic rings. The van der Waals surface area contributed by atoms with Gasteiger partial charge in [0.25, 0.3) is 0 Å². The minimum absolute atomic E-state index is 0.750. The molecule has 0 bridgehead atoms. The predicted octanol–water partition coefficient (Wildman–Crippen LogP) is 11.2. The second kappa shape index (κ2) is 16.1. The molecule has 0 amide bonds. The molecule has 4 heteroatoms. The van der Waals surface area contributed by atoms with E-state index < -0.39 is 0 Å². The number of benzene rings is 1. The quantitative estimate of drug-likeness (QED) is 0.153. The molecule has 0 spiro atoms. The van der Waals surface area contributed by atoms with E-state index in [1.807, 2.05) is 22.7 Å². The van der Waals surface area contributed by atoms with Crippen molar-refractivity contribution in [3.8, 4) is 32.4 Å². The van der Waals surface area contributed by atoms with Gasteiger partial charge in [-0.05, 0) is 63.1 Å². The van der Waals surface area contributed by atoms with Gasteiger partial charge in [-0.25, -0.2) is 0 Å². The van der Waals surface area contributed by atoms with Crippen LogP contribution in [-0.4, -0.2) is 13.2 Å². The summed E-state index contributed by atoms with van der Waals surface area (Å²) in [5.41, 5.74) is 2.50. The average molecular weight is 527 g/mol. The minimum atomic E-state index is 0.750. The van der Waals surface area contributed by atoms with Gasteiger partial charge in [0.2, 0.25) is 0 Å². The number of thiophene rings is 2. The first kappa shape index (κ1) is 28.8. The van der Waals surface area contributed by atoms with Crippen molar-refractivity contribution in [3.05, 3.63) is 46.2 Å². The van der Waals surface area contributed by atoms with Crippen LogP contribution in [-0.2, 0) is 0 Å². The highest BCUT2D eigenvalue weighted by atomic mass is 32.1. The van der Waals surface area contributed by atoms with Crippen molar-refractivity contribution in [2.75, 3.05) is 13.2 Å². The number of ether oxygens (including phenoxy) is 2. The van der Waals surface area contributed by atoms with Crippen LogP contribution in [0.2, 0.25) is 0 Å². The first-order valence-electron chi connectivity index (χ1n) is 14.2. The minimum Gasteiger partial charge on any atom is -0.490 e. The Bertz CT molecular complexity index is 936. The van der Waals surface area contributed by atoms with E-state index in [2.05, 4.69) is 64.1 Å². The van der Waals surface area contributed by atoms with Crippen LogP contribution in [0.5, 0.6) is 11.5 Å². The highest BCUT2D eigenvalue weighted by Gasteiger charge is 2.17. The lowest BCUT2D eigenvalue weighted by atomic mass is 10.0. The zero-order valence-corrected chi connectivity index (χ0v) is 24.6. The molecule has 0 N–H and O–H groups in total. The third-order valence-corrected chi connectivity index (χ3v) is 8.67. The third kappa shape index (κ3) is 9.27. The van der Waals surface area contributed by atoms with E-state index in [4.69, 9.17) is 9.47 Å². The Morgan fingerprint density at radius 2 is 0.917 bits per heavy atom. The molecular weight excluding hydrogens is 480 g/mol. The molecule has 0 aliphatic rings. The van der Waals surface area contributed by atoms with Crippen LogP contribution in [0.25, 0.3) is 20.9 Å². The fraction of sp³-hybridized carbons (Fsp3) is 0.562. The van der Waals surface area contributed by atoms with Crippen molar-refractivity contribution in [2.24, 2.45) is 0 Å². The lowest BCUT2D eigenvalue weighted by Crippen LogP contribution is -2.03. The molecule has 2 nitrogen and oxygen atoms in total. The summed E-state index contributed by atoms with van der Waals surface area (Å²) < 4.78 is 12.8. The summed E-state index contributed by atoms with van der Waals surface area (Å²) >= 11 is 3.70. The van der Waals surface area contributed by atoms with E-state index in [1.165, 1.54) is 94.8 Å². The molecule has 0 saturated heterocycles. The SMILES string of the molecule is CCCCCCCCOc1cc(-c2ccc(C)s2)c(-c2ccc(C)s2)cc1OCCCCCCCC. The normalized spacial score (nSPS) is 11.2. The summed E-state index contributed by atoms with van der Waals surface area (Å²) in [5.74, 6) is 1.79. The van der Waals surface area contributed by atoms with Crippen LogP contribution in [0, 0.1) is 13.8 Å². The van der Waals surface area contributed by atoms with Crippen molar-refractivity contribution < 1.29 is 9.47 Å². The van der Waals surface area contributed by atoms with E-state index >= 15 is 0 Å². The van der Waals surface area contributed by atoms with E-state index in [9.17, 15) is 0 Å². The Labute approximate surface area is 228 Å². The van der Waals surface area contributed by atoms with Gasteiger partial charge in [0.1, 0.15) is 0 Å². The lowest BCUT2D eigenvalue weighted by molar-refractivity contribution is 0.258. The highest BCUT2D eigenvalue weighted by molar-refractivity contribution is 7.16. The number of hydrogen-bond acceptors (Lipinski definition) is 4. The molecule has 0 aliphatic carbocycles. The lowest BCUT2D eigenvalue weighted by Gasteiger charge is -2.17. The Morgan fingerprint density at radius 3 is 1.28 bits per heavy atom. The predicted molar refractivity (Wildman–Crippen MR) is 160 cm³/mol. The number of aryl methyl sites for hydroxylation is 2. The Hall–Kier alpha value is -1.78. The van der Waals surface area contributed by atoms with E-state index in [0.717, 1.165) is 37.6 Å². The Kier molecular flexibility index (Phi) is 12.9. The first-order chi connectivity index (χ1) is 17.6. The van der Waals surface area contributed by atoms with Crippen LogP contribution in [0.3, 0.4) is 0 Å². The molecule has 36 heavy (non-hydrogen) atoms. The number of rotatable bonds is 18. The molecule has 198 valence electrons. The molecule has 0 aliphatic heterocycles. The Balaban J connectivity index is 1.78. The molecule has 0 unspecified atom stereocenters. The van der Waals surface area contributed by atoms with Crippen LogP contribution in [0.1, 0.15) is 101 Å². The first-order valence-corrected chi connectivity index (χ1v) is 15.8. The van der Waals surface area contributed by atoms with Crippen LogP contribution in [0.4, 0.5) is 0 Å². The molecule has 1 aromatic carbocycles. The van der Waals surface area contributed by atoms with Crippen molar-refractivity contribution in [1.29, 1.82) is 0 Å². The monoisotopic (exact) mass is 526 g/mol. The fourth-order valence-corrected chi connectivity index (χ4v) is 6.28. The van der Waals surface area contributed by atoms with Crippen molar-refractivity contribution in [1.82, 2.24) is 0 Å². The van der Waals surface area contributed by atoms with Crippen LogP contribution < -0.4 is 9.47 Å². The fourth-order valence-electron chi connectivity index (χ4n) is 4.48. The molecular formula is C32H46O2S2. The van der Waals surface area contributed by atoms with Gasteiger partial charge in [-0.1, -0.05) is 78.1 Å². The second-order valence-corrected chi connectivity index (χ2v) is 12.5. The summed E-state index contributed by atoms with van der Waals surface area (Å²) in [7, 11) is 0. The van der Waals surface area contributed by atoms with Crippen LogP contribution >= 0.6 is 22.7 Å². The van der Waals surface area contributed by atoms with Gasteiger partial charge in [0.15, 0.2) is 11.5 Å². The summed E-state index contributed by atoms with van der Waals surface area (Å²) in [4.78, 5) is 5.24. The third-order valence-electron chi connectivity index (χ3n) is 6.61. The van der Waals surface area contributed by atoms with Gasteiger partial charge in [-0.3, -0.25) is 0 Å². The number of unbranched alkanes of at least 4 members (excludes halogenated alkanes) is 10. The topological polar surface area (TPSA) is 18.5 Å². The van der Waals surface area contributed by atoms with E-state index in [-0.39, 0.29) is 0 Å². The smallest absolute Gasteiger partial charge is 0.161 e. The highest BCUT2D eigenvalue weighted by Crippen LogP contribution is 2.44. The largest absolute Gasteiger partial charge is 0.490 e. The van der Waals surface area contributed by atoms with Gasteiger partial charge in [-0.2, -0.15) is 0 Å². The zero-order valence-electron chi connectivity index (χ0n) is 23.0. The second-order valence-electron chi connectivity index (χ2n) is 9.90. The standard InChI is InChI=1S/C32H46O2S2/c1-5-7-9-11-13-15-21-33-29-23-27(31-19-17-25(3)35-31)28(32-20-18-26(4)36-32)24-30(29)34-22-16-14-12-10-8-6-2/h17-20,23-24H,5-16,21-22H2,1-4H3. The molecule has 3 rings (SSSR count). The maximum Gasteiger partial charge on any atom is 0.161 e. The molecule has 0 atom stereocenters. The van der Waals surface area contributed by atoms with Gasteiger partial charge >= 0.3 is 0 Å². The van der Waals surface area contributed by atoms with Crippen molar-refractivity contribution in [2.45, 2.75) is 105 Å². The van der Waals surface area contributed by atoms with Crippen LogP contribution in [0.15, 0.2) is 36.4 Å². The van der Waals surface area contributed by atoms with Crippen molar-refractivity contribution in [3.63, 3.8) is 0 Å². The molecule has 0 fully saturated rings. The summed E-state index contributed by atoms with van der Waals surface area (Å²) in [6.45, 7) is 10.4. The molecule has 0 radical (unpaired) electrons. The van der Waals surface area contributed by atoms with Gasteiger partial charge < -0.3 is 9.47 Å². The van der Waals surface area contributed by atoms with Crippen molar-refractivity contribution >= 4 is 22.7 Å². The van der Waals surface area contributed by atoms with E-state index in [1.54, 1.807) is 0 Å². The number of hydrogen-bond donors (Lipinski definition) is 0. The maximum absolute atomic E-state index is 6.40. The summed E-state index contributed by atoms with van der Waals surface area (Å²) in [6, 6.07) is 13.4. The summed E-state index contributed by atoms with van der Waals surface area (Å²) in [6.07, 6.45) is 15.2. The van der Waals surface area contributed by atoms with E-state index in [0.29, 0.717) is 0 Å². The summed E-state index contributed by atoms with van der Waals surface area (Å²) in [5, 5.41) is 0. The Morgan fingerprint density at radius 1 is 0.528 bits per heavy atom. The zero-order chi connectivity index (χ0) is 25.6. The molecule has 0 saturated carbocycles.